The second-order valence-corrected chi connectivity index (χ2v) is 3.12. The molecule has 0 aromatic rings. The summed E-state index contributed by atoms with van der Waals surface area (Å²) < 4.78 is 4.98. The maximum absolute atomic E-state index is 5.34. The average Bonchev–Trinajstić information content (AvgIpc) is 1.35. The van der Waals surface area contributed by atoms with Gasteiger partial charge in [-0.15, -0.1) is 0 Å². The normalized spacial score (nSPS) is 9.33. The molecule has 0 saturated heterocycles. The first-order chi connectivity index (χ1) is 2.77. The van der Waals surface area contributed by atoms with Crippen molar-refractivity contribution in [1.82, 2.24) is 0 Å². The Morgan fingerprint density at radius 1 is 1.67 bits per heavy atom. The fourth-order valence-corrected chi connectivity index (χ4v) is 1.58. The monoisotopic (exact) mass is 184 g/mol. The molecular weight excluding hydrogens is 179 g/mol. The molecule has 0 aromatic heterocycles. The van der Waals surface area contributed by atoms with Gasteiger partial charge < -0.3 is 0 Å². The molecule has 0 aliphatic heterocycles. The molecule has 6 heavy (non-hydrogen) atoms. The van der Waals surface area contributed by atoms with Crippen LogP contribution in [-0.4, -0.2) is 6.10 Å². The van der Waals surface area contributed by atoms with Gasteiger partial charge in [0.25, 0.3) is 0 Å². The molecular formula is C3H7ClOZr. The van der Waals surface area contributed by atoms with Crippen LogP contribution >= 0.6 is 8.51 Å². The molecule has 0 radical (unpaired) electrons. The van der Waals surface area contributed by atoms with Gasteiger partial charge in [0.2, 0.25) is 0 Å². The van der Waals surface area contributed by atoms with E-state index in [2.05, 4.69) is 0 Å². The van der Waals surface area contributed by atoms with Gasteiger partial charge in [-0.05, 0) is 0 Å². The first-order valence-electron chi connectivity index (χ1n) is 1.78. The fraction of sp³-hybridized carbons (Fsp3) is 1.00. The molecule has 0 spiro atoms. The Bertz CT molecular complexity index is 32.0. The van der Waals surface area contributed by atoms with Gasteiger partial charge in [-0.2, -0.15) is 0 Å². The van der Waals surface area contributed by atoms with Crippen LogP contribution in [-0.2, 0) is 25.3 Å². The molecule has 0 heterocycles. The van der Waals surface area contributed by atoms with Crippen LogP contribution in [0.3, 0.4) is 0 Å². The summed E-state index contributed by atoms with van der Waals surface area (Å²) in [5, 5.41) is 0. The van der Waals surface area contributed by atoms with E-state index >= 15 is 0 Å². The number of rotatable bonds is 2. The topological polar surface area (TPSA) is 9.23 Å². The van der Waals surface area contributed by atoms with Crippen LogP contribution in [0.2, 0.25) is 0 Å². The van der Waals surface area contributed by atoms with Crippen molar-refractivity contribution < 1.29 is 25.3 Å². The van der Waals surface area contributed by atoms with Crippen LogP contribution in [0.15, 0.2) is 0 Å². The van der Waals surface area contributed by atoms with E-state index in [0.29, 0.717) is 6.10 Å². The standard InChI is InChI=1S/C3H7O.ClH.Zr/c1-3(2)4;;/h3H,1-2H3;1H;/q-1;;+2/p-1. The molecule has 0 aliphatic carbocycles. The van der Waals surface area contributed by atoms with Gasteiger partial charge in [-0.1, -0.05) is 0 Å². The van der Waals surface area contributed by atoms with E-state index < -0.39 is 22.5 Å². The van der Waals surface area contributed by atoms with Crippen molar-refractivity contribution in [1.29, 1.82) is 0 Å². The van der Waals surface area contributed by atoms with Crippen molar-refractivity contribution >= 4 is 8.51 Å². The Balaban J connectivity index is 2.63. The van der Waals surface area contributed by atoms with Crippen LogP contribution in [0.4, 0.5) is 0 Å². The van der Waals surface area contributed by atoms with E-state index in [9.17, 15) is 0 Å². The van der Waals surface area contributed by atoms with E-state index in [-0.39, 0.29) is 0 Å². The first-order valence-corrected chi connectivity index (χ1v) is 5.95. The molecule has 0 N–H and O–H groups in total. The first kappa shape index (κ1) is 7.13. The molecule has 0 fully saturated rings. The third kappa shape index (κ3) is 5.13. The van der Waals surface area contributed by atoms with Gasteiger partial charge in [-0.25, -0.2) is 0 Å². The van der Waals surface area contributed by atoms with Crippen molar-refractivity contribution in [3.8, 4) is 0 Å². The van der Waals surface area contributed by atoms with Crippen molar-refractivity contribution in [3.63, 3.8) is 0 Å². The number of hydrogen-bond acceptors (Lipinski definition) is 1. The van der Waals surface area contributed by atoms with Gasteiger partial charge in [0.1, 0.15) is 0 Å². The Morgan fingerprint density at radius 2 is 2.17 bits per heavy atom. The number of halogens is 1. The molecule has 0 saturated carbocycles. The molecule has 0 aliphatic rings. The van der Waals surface area contributed by atoms with Crippen LogP contribution in [0.1, 0.15) is 13.8 Å². The summed E-state index contributed by atoms with van der Waals surface area (Å²) in [4.78, 5) is 0. The second kappa shape index (κ2) is 4.30. The summed E-state index contributed by atoms with van der Waals surface area (Å²) in [5.74, 6) is 0. The number of hydrogen-bond donors (Lipinski definition) is 0. The summed E-state index contributed by atoms with van der Waals surface area (Å²) in [5.41, 5.74) is 0. The predicted molar refractivity (Wildman–Crippen MR) is 22.1 cm³/mol. The average molecular weight is 186 g/mol. The molecule has 0 rings (SSSR count). The van der Waals surface area contributed by atoms with Crippen molar-refractivity contribution in [2.75, 3.05) is 0 Å². The quantitative estimate of drug-likeness (QED) is 0.635. The molecule has 36 valence electrons. The molecule has 0 amide bonds. The SMILES string of the molecule is CC(C)[O][Zr][Cl]. The molecule has 0 unspecified atom stereocenters. The van der Waals surface area contributed by atoms with Crippen molar-refractivity contribution in [3.05, 3.63) is 0 Å². The van der Waals surface area contributed by atoms with E-state index in [1.807, 2.05) is 13.8 Å². The Morgan fingerprint density at radius 3 is 2.17 bits per heavy atom. The molecule has 3 heteroatoms. The molecule has 0 atom stereocenters. The third-order valence-corrected chi connectivity index (χ3v) is 2.19. The molecule has 0 bridgehead atoms. The fourth-order valence-electron chi connectivity index (χ4n) is 0.0891. The van der Waals surface area contributed by atoms with Gasteiger partial charge in [-0.3, -0.25) is 0 Å². The maximum atomic E-state index is 5.34. The van der Waals surface area contributed by atoms with Gasteiger partial charge >= 0.3 is 53.8 Å². The summed E-state index contributed by atoms with van der Waals surface area (Å²) in [6.07, 6.45) is 0.342. The Kier molecular flexibility index (Phi) is 5.11. The molecule has 0 aromatic carbocycles. The van der Waals surface area contributed by atoms with E-state index in [1.165, 1.54) is 0 Å². The van der Waals surface area contributed by atoms with Gasteiger partial charge in [0.05, 0.1) is 0 Å². The van der Waals surface area contributed by atoms with Crippen LogP contribution in [0.5, 0.6) is 0 Å². The van der Waals surface area contributed by atoms with E-state index in [1.54, 1.807) is 0 Å². The summed E-state index contributed by atoms with van der Waals surface area (Å²) in [6, 6.07) is 0. The zero-order chi connectivity index (χ0) is 4.99. The molecule has 1 nitrogen and oxygen atoms in total. The van der Waals surface area contributed by atoms with Crippen molar-refractivity contribution in [2.24, 2.45) is 0 Å². The van der Waals surface area contributed by atoms with Gasteiger partial charge in [0.15, 0.2) is 0 Å². The minimum absolute atomic E-state index is 0.342. The zero-order valence-corrected chi connectivity index (χ0v) is 7.08. The summed E-state index contributed by atoms with van der Waals surface area (Å²) in [7, 11) is 5.34. The minimum atomic E-state index is -0.877. The van der Waals surface area contributed by atoms with Crippen LogP contribution in [0.25, 0.3) is 0 Å². The van der Waals surface area contributed by atoms with Gasteiger partial charge in [0, 0.05) is 0 Å². The predicted octanol–water partition coefficient (Wildman–Crippen LogP) is 1.56. The van der Waals surface area contributed by atoms with Crippen LogP contribution < -0.4 is 0 Å². The Labute approximate surface area is 53.8 Å². The van der Waals surface area contributed by atoms with Crippen LogP contribution in [0, 0.1) is 0 Å². The second-order valence-electron chi connectivity index (χ2n) is 1.24. The van der Waals surface area contributed by atoms with Crippen molar-refractivity contribution in [2.45, 2.75) is 20.0 Å². The van der Waals surface area contributed by atoms with E-state index in [0.717, 1.165) is 0 Å². The van der Waals surface area contributed by atoms with E-state index in [4.69, 9.17) is 11.3 Å². The zero-order valence-electron chi connectivity index (χ0n) is 3.86. The Hall–Kier alpha value is 1.13. The summed E-state index contributed by atoms with van der Waals surface area (Å²) in [6.45, 7) is 3.98. The third-order valence-electron chi connectivity index (χ3n) is 0.280. The summed E-state index contributed by atoms with van der Waals surface area (Å²) >= 11 is -0.877.